The van der Waals surface area contributed by atoms with E-state index in [2.05, 4.69) is 17.2 Å². The smallest absolute Gasteiger partial charge is 0.321 e. The van der Waals surface area contributed by atoms with Gasteiger partial charge in [0.25, 0.3) is 0 Å². The molecule has 0 spiro atoms. The number of carbonyl (C=O) groups is 1. The fourth-order valence-electron chi connectivity index (χ4n) is 1.38. The zero-order valence-corrected chi connectivity index (χ0v) is 10.9. The number of aryl methyl sites for hydroxylation is 1. The quantitative estimate of drug-likeness (QED) is 0.782. The highest BCUT2D eigenvalue weighted by molar-refractivity contribution is 5.89. The van der Waals surface area contributed by atoms with E-state index in [0.717, 1.165) is 16.8 Å². The van der Waals surface area contributed by atoms with Gasteiger partial charge in [0.15, 0.2) is 0 Å². The third-order valence-electron chi connectivity index (χ3n) is 2.60. The minimum atomic E-state index is -0.154. The summed E-state index contributed by atoms with van der Waals surface area (Å²) >= 11 is 0. The van der Waals surface area contributed by atoms with Crippen molar-refractivity contribution in [2.24, 2.45) is 0 Å². The van der Waals surface area contributed by atoms with Crippen LogP contribution in [-0.2, 0) is 0 Å². The van der Waals surface area contributed by atoms with E-state index in [4.69, 9.17) is 5.11 Å². The second kappa shape index (κ2) is 6.67. The lowest BCUT2D eigenvalue weighted by Crippen LogP contribution is -2.30. The van der Waals surface area contributed by atoms with Gasteiger partial charge >= 0.3 is 6.03 Å². The molecule has 4 heteroatoms. The van der Waals surface area contributed by atoms with Gasteiger partial charge in [-0.3, -0.25) is 0 Å². The number of urea groups is 1. The van der Waals surface area contributed by atoms with E-state index in [-0.39, 0.29) is 12.6 Å². The maximum absolute atomic E-state index is 11.7. The molecule has 18 heavy (non-hydrogen) atoms. The first kappa shape index (κ1) is 14.1. The maximum Gasteiger partial charge on any atom is 0.321 e. The Labute approximate surface area is 108 Å². The predicted molar refractivity (Wildman–Crippen MR) is 72.5 cm³/mol. The zero-order valence-electron chi connectivity index (χ0n) is 10.9. The molecule has 4 nitrogen and oxygen atoms in total. The fraction of sp³-hybridized carbons (Fsp3) is 0.357. The molecule has 0 saturated heterocycles. The van der Waals surface area contributed by atoms with Gasteiger partial charge in [0.05, 0.1) is 0 Å². The molecule has 2 amide bonds. The first-order valence-corrected chi connectivity index (χ1v) is 5.81. The van der Waals surface area contributed by atoms with Crippen molar-refractivity contribution in [2.45, 2.75) is 13.8 Å². The molecule has 0 aromatic heterocycles. The van der Waals surface area contributed by atoms with Crippen LogP contribution >= 0.6 is 0 Å². The molecule has 96 valence electrons. The molecule has 1 aromatic carbocycles. The molecule has 0 atom stereocenters. The second-order valence-electron chi connectivity index (χ2n) is 3.93. The monoisotopic (exact) mass is 246 g/mol. The Morgan fingerprint density at radius 3 is 2.78 bits per heavy atom. The summed E-state index contributed by atoms with van der Waals surface area (Å²) in [6.07, 6.45) is 0. The third kappa shape index (κ3) is 3.79. The summed E-state index contributed by atoms with van der Waals surface area (Å²) in [4.78, 5) is 13.3. The molecule has 1 rings (SSSR count). The lowest BCUT2D eigenvalue weighted by Gasteiger charge is -2.15. The summed E-state index contributed by atoms with van der Waals surface area (Å²) in [7, 11) is 1.74. The van der Waals surface area contributed by atoms with E-state index < -0.39 is 0 Å². The largest absolute Gasteiger partial charge is 0.384 e. The lowest BCUT2D eigenvalue weighted by molar-refractivity contribution is 0.224. The third-order valence-corrected chi connectivity index (χ3v) is 2.60. The number of nitrogens with one attached hydrogen (secondary N) is 1. The summed E-state index contributed by atoms with van der Waals surface area (Å²) in [6.45, 7) is 4.34. The predicted octanol–water partition coefficient (Wildman–Crippen LogP) is 1.82. The molecular formula is C14H18N2O2. The Kier molecular flexibility index (Phi) is 5.22. The summed E-state index contributed by atoms with van der Waals surface area (Å²) < 4.78 is 0. The van der Waals surface area contributed by atoms with Gasteiger partial charge in [-0.1, -0.05) is 11.8 Å². The van der Waals surface area contributed by atoms with E-state index in [0.29, 0.717) is 6.54 Å². The van der Waals surface area contributed by atoms with Crippen molar-refractivity contribution in [3.8, 4) is 11.8 Å². The number of aliphatic hydroxyl groups excluding tert-OH is 1. The average Bonchev–Trinajstić information content (AvgIpc) is 2.36. The van der Waals surface area contributed by atoms with Crippen molar-refractivity contribution < 1.29 is 9.90 Å². The number of aliphatic hydroxyl groups is 1. The highest BCUT2D eigenvalue weighted by atomic mass is 16.2. The van der Waals surface area contributed by atoms with Crippen LogP contribution in [0.15, 0.2) is 18.2 Å². The van der Waals surface area contributed by atoms with Gasteiger partial charge in [0.2, 0.25) is 0 Å². The maximum atomic E-state index is 11.7. The highest BCUT2D eigenvalue weighted by Crippen LogP contribution is 2.14. The molecule has 0 aliphatic carbocycles. The van der Waals surface area contributed by atoms with Crippen molar-refractivity contribution in [1.82, 2.24) is 4.90 Å². The average molecular weight is 246 g/mol. The SMILES string of the molecule is CCN(C)C(=O)Nc1ccc(C#CCO)c(C)c1. The Bertz CT molecular complexity index is 486. The van der Waals surface area contributed by atoms with E-state index in [1.54, 1.807) is 18.0 Å². The van der Waals surface area contributed by atoms with Gasteiger partial charge in [-0.05, 0) is 37.6 Å². The van der Waals surface area contributed by atoms with E-state index in [9.17, 15) is 4.79 Å². The fourth-order valence-corrected chi connectivity index (χ4v) is 1.38. The summed E-state index contributed by atoms with van der Waals surface area (Å²) in [5, 5.41) is 11.5. The van der Waals surface area contributed by atoms with E-state index >= 15 is 0 Å². The number of amides is 2. The normalized spacial score (nSPS) is 9.33. The molecule has 0 fully saturated rings. The van der Waals surface area contributed by atoms with Crippen molar-refractivity contribution in [1.29, 1.82) is 0 Å². The van der Waals surface area contributed by atoms with Gasteiger partial charge in [0.1, 0.15) is 6.61 Å². The van der Waals surface area contributed by atoms with Crippen molar-refractivity contribution in [3.63, 3.8) is 0 Å². The molecule has 0 aliphatic heterocycles. The van der Waals surface area contributed by atoms with Gasteiger partial charge in [-0.2, -0.15) is 0 Å². The number of benzene rings is 1. The zero-order chi connectivity index (χ0) is 13.5. The van der Waals surface area contributed by atoms with Gasteiger partial charge in [-0.15, -0.1) is 0 Å². The van der Waals surface area contributed by atoms with Crippen LogP contribution < -0.4 is 5.32 Å². The molecular weight excluding hydrogens is 228 g/mol. The van der Waals surface area contributed by atoms with Crippen LogP contribution in [0.1, 0.15) is 18.1 Å². The van der Waals surface area contributed by atoms with Crippen molar-refractivity contribution in [2.75, 3.05) is 25.5 Å². The van der Waals surface area contributed by atoms with Crippen LogP contribution in [-0.4, -0.2) is 36.2 Å². The van der Waals surface area contributed by atoms with Crippen molar-refractivity contribution in [3.05, 3.63) is 29.3 Å². The molecule has 0 bridgehead atoms. The molecule has 2 N–H and O–H groups in total. The topological polar surface area (TPSA) is 52.6 Å². The molecule has 0 heterocycles. The Morgan fingerprint density at radius 1 is 1.50 bits per heavy atom. The molecule has 0 saturated carbocycles. The number of rotatable bonds is 2. The lowest BCUT2D eigenvalue weighted by atomic mass is 10.1. The summed E-state index contributed by atoms with van der Waals surface area (Å²) in [5.74, 6) is 5.46. The minimum absolute atomic E-state index is 0.133. The van der Waals surface area contributed by atoms with Crippen LogP contribution in [0.3, 0.4) is 0 Å². The summed E-state index contributed by atoms with van der Waals surface area (Å²) in [6, 6.07) is 5.36. The Morgan fingerprint density at radius 2 is 2.22 bits per heavy atom. The second-order valence-corrected chi connectivity index (χ2v) is 3.93. The first-order chi connectivity index (χ1) is 8.58. The van der Waals surface area contributed by atoms with Crippen LogP contribution in [0.4, 0.5) is 10.5 Å². The van der Waals surface area contributed by atoms with Crippen molar-refractivity contribution >= 4 is 11.7 Å². The number of hydrogen-bond acceptors (Lipinski definition) is 2. The Balaban J connectivity index is 2.82. The molecule has 0 unspecified atom stereocenters. The number of anilines is 1. The van der Waals surface area contributed by atoms with Crippen LogP contribution in [0.5, 0.6) is 0 Å². The highest BCUT2D eigenvalue weighted by Gasteiger charge is 2.06. The molecule has 1 aromatic rings. The van der Waals surface area contributed by atoms with Crippen LogP contribution in [0.25, 0.3) is 0 Å². The molecule has 0 aliphatic rings. The number of hydrogen-bond donors (Lipinski definition) is 2. The van der Waals surface area contributed by atoms with E-state index in [1.165, 1.54) is 0 Å². The van der Waals surface area contributed by atoms with Crippen LogP contribution in [0, 0.1) is 18.8 Å². The van der Waals surface area contributed by atoms with Gasteiger partial charge in [-0.25, -0.2) is 4.79 Å². The number of carbonyl (C=O) groups excluding carboxylic acids is 1. The van der Waals surface area contributed by atoms with Gasteiger partial charge < -0.3 is 15.3 Å². The minimum Gasteiger partial charge on any atom is -0.384 e. The Hall–Kier alpha value is -1.99. The standard InChI is InChI=1S/C14H18N2O2/c1-4-16(3)14(18)15-13-8-7-12(6-5-9-17)11(2)10-13/h7-8,10,17H,4,9H2,1-3H3,(H,15,18). The summed E-state index contributed by atoms with van der Waals surface area (Å²) in [5.41, 5.74) is 2.56. The first-order valence-electron chi connectivity index (χ1n) is 5.81. The van der Waals surface area contributed by atoms with E-state index in [1.807, 2.05) is 26.0 Å². The number of nitrogens with zero attached hydrogens (tertiary/aromatic N) is 1. The molecule has 0 radical (unpaired) electrons. The van der Waals surface area contributed by atoms with Crippen LogP contribution in [0.2, 0.25) is 0 Å². The van der Waals surface area contributed by atoms with Gasteiger partial charge in [0, 0.05) is 24.8 Å².